The molecule has 31 heavy (non-hydrogen) atoms. The molecule has 0 spiro atoms. The average molecular weight is 460 g/mol. The second-order valence-corrected chi connectivity index (χ2v) is 10.4. The summed E-state index contributed by atoms with van der Waals surface area (Å²) in [5.74, 6) is -0.933. The van der Waals surface area contributed by atoms with Gasteiger partial charge in [0.05, 0.1) is 12.9 Å². The second kappa shape index (κ2) is 10.2. The lowest BCUT2D eigenvalue weighted by Crippen LogP contribution is -2.58. The molecule has 7 N–H and O–H groups in total. The van der Waals surface area contributed by atoms with Crippen LogP contribution in [0.5, 0.6) is 0 Å². The molecular formula is C20H33N3O7S. The molecule has 2 fully saturated rings. The van der Waals surface area contributed by atoms with Crippen molar-refractivity contribution >= 4 is 17.7 Å². The number of nitrogens with zero attached hydrogens (tertiary/aromatic N) is 1. The minimum Gasteiger partial charge on any atom is -0.480 e. The van der Waals surface area contributed by atoms with E-state index < -0.39 is 48.5 Å². The Morgan fingerprint density at radius 1 is 1.35 bits per heavy atom. The Hall–Kier alpha value is -1.21. The quantitative estimate of drug-likeness (QED) is 0.268. The van der Waals surface area contributed by atoms with Crippen molar-refractivity contribution in [2.75, 3.05) is 6.61 Å². The lowest BCUT2D eigenvalue weighted by atomic mass is 9.75. The Kier molecular flexibility index (Phi) is 8.00. The molecule has 11 heteroatoms. The molecule has 1 aliphatic heterocycles. The summed E-state index contributed by atoms with van der Waals surface area (Å²) in [5, 5.41) is 52.8. The summed E-state index contributed by atoms with van der Waals surface area (Å²) in [6, 6.07) is -0.802. The topological polar surface area (TPSA) is 168 Å². The van der Waals surface area contributed by atoms with Gasteiger partial charge in [-0.15, -0.1) is 11.8 Å². The predicted octanol–water partition coefficient (Wildman–Crippen LogP) is -0.525. The number of thioether (sulfide) groups is 1. The van der Waals surface area contributed by atoms with E-state index in [9.17, 15) is 30.3 Å². The molecule has 176 valence electrons. The van der Waals surface area contributed by atoms with Crippen LogP contribution < -0.4 is 5.32 Å². The number of rotatable bonds is 8. The van der Waals surface area contributed by atoms with Crippen molar-refractivity contribution in [3.05, 3.63) is 18.2 Å². The molecule has 1 aliphatic carbocycles. The summed E-state index contributed by atoms with van der Waals surface area (Å²) < 4.78 is 5.68. The van der Waals surface area contributed by atoms with Crippen LogP contribution in [-0.4, -0.2) is 95.3 Å². The van der Waals surface area contributed by atoms with Crippen molar-refractivity contribution in [3.8, 4) is 0 Å². The number of H-pyrrole nitrogens is 1. The van der Waals surface area contributed by atoms with E-state index in [1.807, 2.05) is 0 Å². The van der Waals surface area contributed by atoms with Gasteiger partial charge in [0.1, 0.15) is 35.9 Å². The maximum absolute atomic E-state index is 11.8. The van der Waals surface area contributed by atoms with E-state index in [1.54, 1.807) is 6.20 Å². The number of carboxylic acid groups (broad SMARTS) is 1. The number of imidazole rings is 1. The molecule has 2 aliphatic rings. The number of aliphatic hydroxyl groups excluding tert-OH is 4. The second-order valence-electron chi connectivity index (χ2n) is 9.12. The molecule has 5 unspecified atom stereocenters. The summed E-state index contributed by atoms with van der Waals surface area (Å²) in [6.45, 7) is 3.77. The van der Waals surface area contributed by atoms with Gasteiger partial charge in [-0.25, -0.2) is 4.98 Å². The lowest BCUT2D eigenvalue weighted by molar-refractivity contribution is -0.205. The third-order valence-corrected chi connectivity index (χ3v) is 8.19. The van der Waals surface area contributed by atoms with Gasteiger partial charge in [0, 0.05) is 29.6 Å². The van der Waals surface area contributed by atoms with Gasteiger partial charge in [0.25, 0.3) is 0 Å². The van der Waals surface area contributed by atoms with E-state index in [0.717, 1.165) is 18.5 Å². The van der Waals surface area contributed by atoms with Crippen molar-refractivity contribution in [2.45, 2.75) is 86.7 Å². The molecule has 0 bridgehead atoms. The highest BCUT2D eigenvalue weighted by atomic mass is 32.2. The molecule has 3 rings (SSSR count). The zero-order chi connectivity index (χ0) is 22.8. The van der Waals surface area contributed by atoms with Gasteiger partial charge in [0.15, 0.2) is 0 Å². The third kappa shape index (κ3) is 5.78. The molecular weight excluding hydrogens is 426 g/mol. The first-order chi connectivity index (χ1) is 14.6. The van der Waals surface area contributed by atoms with Gasteiger partial charge in [-0.1, -0.05) is 13.8 Å². The maximum Gasteiger partial charge on any atom is 0.321 e. The fourth-order valence-electron chi connectivity index (χ4n) is 4.25. The van der Waals surface area contributed by atoms with Gasteiger partial charge in [0.2, 0.25) is 0 Å². The maximum atomic E-state index is 11.8. The Morgan fingerprint density at radius 2 is 2.10 bits per heavy atom. The van der Waals surface area contributed by atoms with Gasteiger partial charge >= 0.3 is 5.97 Å². The Balaban J connectivity index is 1.66. The number of ether oxygens (including phenoxy) is 1. The standard InChI is InChI=1S/C20H33N3O7S/c1-20(2)4-3-10(23-12(18(28)29)5-11-7-21-9-22-11)6-14(20)31-19-17(27)16(26)15(25)13(8-24)30-19/h7,9-10,12-17,19,23-27H,3-6,8H2,1-2H3,(H,21,22)(H,28,29)/t10?,12-,13?,14?,15-,16?,17?,19-/m0/s1. The number of aromatic amines is 1. The SMILES string of the molecule is CC1(C)CCC(N[C@@H](Cc2cnc[nH]2)C(=O)O)CC1S[C@@H]1OC(CO)[C@H](O)C(O)C1O. The van der Waals surface area contributed by atoms with E-state index in [-0.39, 0.29) is 16.7 Å². The van der Waals surface area contributed by atoms with Crippen LogP contribution in [0.4, 0.5) is 0 Å². The molecule has 1 saturated carbocycles. The number of hydrogen-bond acceptors (Lipinski definition) is 9. The summed E-state index contributed by atoms with van der Waals surface area (Å²) >= 11 is 1.37. The molecule has 8 atom stereocenters. The zero-order valence-corrected chi connectivity index (χ0v) is 18.5. The molecule has 2 heterocycles. The number of carboxylic acids is 1. The fourth-order valence-corrected chi connectivity index (χ4v) is 5.94. The van der Waals surface area contributed by atoms with Crippen molar-refractivity contribution in [1.82, 2.24) is 15.3 Å². The summed E-state index contributed by atoms with van der Waals surface area (Å²) in [6.07, 6.45) is 0.700. The number of carbonyl (C=O) groups is 1. The monoisotopic (exact) mass is 459 g/mol. The molecule has 1 saturated heterocycles. The fraction of sp³-hybridized carbons (Fsp3) is 0.800. The van der Waals surface area contributed by atoms with Crippen LogP contribution in [0.1, 0.15) is 38.8 Å². The largest absolute Gasteiger partial charge is 0.480 e. The first-order valence-electron chi connectivity index (χ1n) is 10.5. The molecule has 0 radical (unpaired) electrons. The zero-order valence-electron chi connectivity index (χ0n) is 17.7. The van der Waals surface area contributed by atoms with Gasteiger partial charge in [-0.3, -0.25) is 4.79 Å². The van der Waals surface area contributed by atoms with Crippen molar-refractivity contribution in [3.63, 3.8) is 0 Å². The van der Waals surface area contributed by atoms with Crippen LogP contribution in [-0.2, 0) is 16.0 Å². The number of hydrogen-bond donors (Lipinski definition) is 7. The van der Waals surface area contributed by atoms with E-state index in [0.29, 0.717) is 12.8 Å². The van der Waals surface area contributed by atoms with Gasteiger partial charge in [-0.05, 0) is 24.7 Å². The van der Waals surface area contributed by atoms with Gasteiger partial charge < -0.3 is 40.6 Å². The number of aliphatic hydroxyl groups is 4. The van der Waals surface area contributed by atoms with E-state index in [1.165, 1.54) is 18.1 Å². The van der Waals surface area contributed by atoms with E-state index in [4.69, 9.17) is 4.74 Å². The lowest BCUT2D eigenvalue weighted by Gasteiger charge is -2.46. The molecule has 0 amide bonds. The summed E-state index contributed by atoms with van der Waals surface area (Å²) in [5.41, 5.74) is -0.175. The van der Waals surface area contributed by atoms with Crippen LogP contribution in [0, 0.1) is 5.41 Å². The highest BCUT2D eigenvalue weighted by Crippen LogP contribution is 2.46. The van der Waals surface area contributed by atoms with Crippen molar-refractivity contribution in [1.29, 1.82) is 0 Å². The first kappa shape index (κ1) is 24.4. The predicted molar refractivity (Wildman–Crippen MR) is 113 cm³/mol. The normalized spacial score (nSPS) is 36.8. The highest BCUT2D eigenvalue weighted by Gasteiger charge is 2.47. The van der Waals surface area contributed by atoms with Gasteiger partial charge in [-0.2, -0.15) is 0 Å². The minimum atomic E-state index is -1.41. The highest BCUT2D eigenvalue weighted by molar-refractivity contribution is 8.00. The Bertz CT molecular complexity index is 718. The van der Waals surface area contributed by atoms with Crippen molar-refractivity contribution in [2.24, 2.45) is 5.41 Å². The Morgan fingerprint density at radius 3 is 2.71 bits per heavy atom. The minimum absolute atomic E-state index is 0.00165. The third-order valence-electron chi connectivity index (χ3n) is 6.37. The van der Waals surface area contributed by atoms with Crippen LogP contribution in [0.3, 0.4) is 0 Å². The van der Waals surface area contributed by atoms with Crippen LogP contribution in [0.2, 0.25) is 0 Å². The van der Waals surface area contributed by atoms with Crippen LogP contribution in [0.25, 0.3) is 0 Å². The first-order valence-corrected chi connectivity index (χ1v) is 11.5. The smallest absolute Gasteiger partial charge is 0.321 e. The van der Waals surface area contributed by atoms with Crippen LogP contribution in [0.15, 0.2) is 12.5 Å². The van der Waals surface area contributed by atoms with E-state index in [2.05, 4.69) is 29.1 Å². The molecule has 0 aromatic carbocycles. The summed E-state index contributed by atoms with van der Waals surface area (Å²) in [4.78, 5) is 18.6. The van der Waals surface area contributed by atoms with Crippen molar-refractivity contribution < 1.29 is 35.1 Å². The molecule has 1 aromatic rings. The average Bonchev–Trinajstić information content (AvgIpc) is 3.23. The van der Waals surface area contributed by atoms with E-state index >= 15 is 0 Å². The number of aliphatic carboxylic acids is 1. The van der Waals surface area contributed by atoms with Crippen LogP contribution >= 0.6 is 11.8 Å². The number of aromatic nitrogens is 2. The molecule has 1 aromatic heterocycles. The number of nitrogens with one attached hydrogen (secondary N) is 2. The summed E-state index contributed by atoms with van der Waals surface area (Å²) in [7, 11) is 0. The molecule has 10 nitrogen and oxygen atoms in total. The Labute approximate surface area is 185 Å².